The predicted molar refractivity (Wildman–Crippen MR) is 68.3 cm³/mol. The van der Waals surface area contributed by atoms with Gasteiger partial charge in [-0.3, -0.25) is 4.79 Å². The average Bonchev–Trinajstić information content (AvgIpc) is 2.41. The molecule has 0 heterocycles. The van der Waals surface area contributed by atoms with Gasteiger partial charge in [0.05, 0.1) is 10.6 Å². The van der Waals surface area contributed by atoms with Crippen LogP contribution in [0.4, 0.5) is 17.6 Å². The molecule has 0 bridgehead atoms. The highest BCUT2D eigenvalue weighted by atomic mass is 35.5. The first-order chi connectivity index (χ1) is 9.81. The zero-order chi connectivity index (χ0) is 15.6. The van der Waals surface area contributed by atoms with Gasteiger partial charge in [-0.2, -0.15) is 13.2 Å². The van der Waals surface area contributed by atoms with Crippen LogP contribution < -0.4 is 4.74 Å². The summed E-state index contributed by atoms with van der Waals surface area (Å²) in [5, 5.41) is -0.0805. The van der Waals surface area contributed by atoms with Crippen LogP contribution in [0.1, 0.15) is 15.9 Å². The molecule has 2 aromatic carbocycles. The Hall–Kier alpha value is -2.08. The lowest BCUT2D eigenvalue weighted by Gasteiger charge is -2.12. The van der Waals surface area contributed by atoms with E-state index in [1.807, 2.05) is 0 Å². The molecule has 0 N–H and O–H groups in total. The van der Waals surface area contributed by atoms with Crippen molar-refractivity contribution in [1.82, 2.24) is 0 Å². The molecule has 7 heteroatoms. The van der Waals surface area contributed by atoms with Gasteiger partial charge in [0.2, 0.25) is 0 Å². The molecule has 0 aliphatic heterocycles. The maximum Gasteiger partial charge on any atom is 0.417 e. The number of benzene rings is 2. The molecule has 0 saturated heterocycles. The van der Waals surface area contributed by atoms with E-state index in [-0.39, 0.29) is 22.8 Å². The third kappa shape index (κ3) is 3.52. The van der Waals surface area contributed by atoms with Crippen molar-refractivity contribution >= 4 is 17.9 Å². The predicted octanol–water partition coefficient (Wildman–Crippen LogP) is 5.10. The van der Waals surface area contributed by atoms with E-state index in [2.05, 4.69) is 0 Å². The average molecular weight is 319 g/mol. The topological polar surface area (TPSA) is 26.3 Å². The summed E-state index contributed by atoms with van der Waals surface area (Å²) in [6.07, 6.45) is -4.58. The van der Waals surface area contributed by atoms with Crippen LogP contribution in [0.25, 0.3) is 0 Å². The zero-order valence-electron chi connectivity index (χ0n) is 10.2. The number of halogens is 5. The van der Waals surface area contributed by atoms with E-state index in [0.29, 0.717) is 6.07 Å². The Morgan fingerprint density at radius 2 is 1.81 bits per heavy atom. The van der Waals surface area contributed by atoms with Crippen LogP contribution in [-0.4, -0.2) is 6.29 Å². The summed E-state index contributed by atoms with van der Waals surface area (Å²) in [4.78, 5) is 10.6. The molecular weight excluding hydrogens is 312 g/mol. The van der Waals surface area contributed by atoms with Crippen molar-refractivity contribution in [2.45, 2.75) is 6.18 Å². The fourth-order valence-electron chi connectivity index (χ4n) is 1.63. The van der Waals surface area contributed by atoms with Crippen LogP contribution >= 0.6 is 11.6 Å². The van der Waals surface area contributed by atoms with E-state index in [1.165, 1.54) is 12.1 Å². The molecule has 2 rings (SSSR count). The first-order valence-electron chi connectivity index (χ1n) is 5.60. The second-order valence-electron chi connectivity index (χ2n) is 4.04. The molecule has 0 radical (unpaired) electrons. The van der Waals surface area contributed by atoms with Crippen molar-refractivity contribution in [3.63, 3.8) is 0 Å². The van der Waals surface area contributed by atoms with Crippen LogP contribution in [0.3, 0.4) is 0 Å². The van der Waals surface area contributed by atoms with E-state index in [9.17, 15) is 22.4 Å². The Morgan fingerprint density at radius 3 is 2.38 bits per heavy atom. The van der Waals surface area contributed by atoms with Crippen molar-refractivity contribution in [3.8, 4) is 11.5 Å². The Balaban J connectivity index is 2.39. The van der Waals surface area contributed by atoms with Crippen molar-refractivity contribution in [1.29, 1.82) is 0 Å². The van der Waals surface area contributed by atoms with E-state index in [4.69, 9.17) is 16.3 Å². The third-order valence-electron chi connectivity index (χ3n) is 2.58. The van der Waals surface area contributed by atoms with Gasteiger partial charge in [0.25, 0.3) is 0 Å². The van der Waals surface area contributed by atoms with E-state index in [0.717, 1.165) is 18.2 Å². The molecule has 110 valence electrons. The largest absolute Gasteiger partial charge is 0.456 e. The summed E-state index contributed by atoms with van der Waals surface area (Å²) in [5.74, 6) is -0.758. The van der Waals surface area contributed by atoms with Crippen LogP contribution in [0, 0.1) is 5.82 Å². The SMILES string of the molecule is O=Cc1ccc(Oc2ccc(F)cc2Cl)cc1C(F)(F)F. The van der Waals surface area contributed by atoms with Crippen LogP contribution in [0.5, 0.6) is 11.5 Å². The zero-order valence-corrected chi connectivity index (χ0v) is 11.0. The Morgan fingerprint density at radius 1 is 1.10 bits per heavy atom. The number of aldehydes is 1. The molecule has 0 saturated carbocycles. The van der Waals surface area contributed by atoms with Gasteiger partial charge in [-0.05, 0) is 36.4 Å². The molecule has 0 atom stereocenters. The monoisotopic (exact) mass is 318 g/mol. The van der Waals surface area contributed by atoms with Crippen molar-refractivity contribution in [2.24, 2.45) is 0 Å². The Bertz CT molecular complexity index is 683. The lowest BCUT2D eigenvalue weighted by atomic mass is 10.1. The lowest BCUT2D eigenvalue weighted by molar-refractivity contribution is -0.137. The van der Waals surface area contributed by atoms with Crippen LogP contribution in [0.2, 0.25) is 5.02 Å². The van der Waals surface area contributed by atoms with Crippen molar-refractivity contribution in [3.05, 3.63) is 58.4 Å². The second-order valence-corrected chi connectivity index (χ2v) is 4.45. The Kier molecular flexibility index (Phi) is 4.18. The molecule has 2 aromatic rings. The first-order valence-corrected chi connectivity index (χ1v) is 5.98. The standard InChI is InChI=1S/C14H7ClF4O2/c15-12-5-9(16)2-4-13(12)21-10-3-1-8(7-20)11(6-10)14(17,18)19/h1-7H. The molecule has 21 heavy (non-hydrogen) atoms. The number of rotatable bonds is 3. The molecule has 0 amide bonds. The number of hydrogen-bond donors (Lipinski definition) is 0. The van der Waals surface area contributed by atoms with Crippen LogP contribution in [-0.2, 0) is 6.18 Å². The van der Waals surface area contributed by atoms with Gasteiger partial charge in [0.1, 0.15) is 17.3 Å². The molecule has 0 aliphatic carbocycles. The molecule has 0 fully saturated rings. The highest BCUT2D eigenvalue weighted by Crippen LogP contribution is 2.36. The molecule has 2 nitrogen and oxygen atoms in total. The van der Waals surface area contributed by atoms with Gasteiger partial charge < -0.3 is 4.74 Å². The van der Waals surface area contributed by atoms with Gasteiger partial charge in [0.15, 0.2) is 6.29 Å². The summed E-state index contributed by atoms with van der Waals surface area (Å²) >= 11 is 5.72. The number of hydrogen-bond acceptors (Lipinski definition) is 2. The molecule has 0 unspecified atom stereocenters. The minimum Gasteiger partial charge on any atom is -0.456 e. The fraction of sp³-hybridized carbons (Fsp3) is 0.0714. The quantitative estimate of drug-likeness (QED) is 0.581. The number of alkyl halides is 3. The number of ether oxygens (including phenoxy) is 1. The van der Waals surface area contributed by atoms with E-state index >= 15 is 0 Å². The molecular formula is C14H7ClF4O2. The van der Waals surface area contributed by atoms with Crippen molar-refractivity contribution < 1.29 is 27.1 Å². The minimum atomic E-state index is -4.69. The molecule has 0 aliphatic rings. The summed E-state index contributed by atoms with van der Waals surface area (Å²) in [6.45, 7) is 0. The Labute approximate surface area is 121 Å². The summed E-state index contributed by atoms with van der Waals surface area (Å²) < 4.78 is 56.5. The number of carbonyl (C=O) groups is 1. The summed E-state index contributed by atoms with van der Waals surface area (Å²) in [6, 6.07) is 6.09. The van der Waals surface area contributed by atoms with Gasteiger partial charge in [-0.25, -0.2) is 4.39 Å². The maximum atomic E-state index is 12.9. The van der Waals surface area contributed by atoms with Crippen molar-refractivity contribution in [2.75, 3.05) is 0 Å². The van der Waals surface area contributed by atoms with Gasteiger partial charge >= 0.3 is 6.18 Å². The third-order valence-corrected chi connectivity index (χ3v) is 2.87. The second kappa shape index (κ2) is 5.73. The highest BCUT2D eigenvalue weighted by Gasteiger charge is 2.33. The number of carbonyl (C=O) groups excluding carboxylic acids is 1. The molecule has 0 aromatic heterocycles. The van der Waals surface area contributed by atoms with Gasteiger partial charge in [0, 0.05) is 5.56 Å². The summed E-state index contributed by atoms with van der Waals surface area (Å²) in [7, 11) is 0. The fourth-order valence-corrected chi connectivity index (χ4v) is 1.84. The maximum absolute atomic E-state index is 12.9. The highest BCUT2D eigenvalue weighted by molar-refractivity contribution is 6.32. The van der Waals surface area contributed by atoms with E-state index < -0.39 is 23.1 Å². The first kappa shape index (κ1) is 15.3. The van der Waals surface area contributed by atoms with Crippen LogP contribution in [0.15, 0.2) is 36.4 Å². The smallest absolute Gasteiger partial charge is 0.417 e. The summed E-state index contributed by atoms with van der Waals surface area (Å²) in [5.41, 5.74) is -1.62. The lowest BCUT2D eigenvalue weighted by Crippen LogP contribution is -2.09. The van der Waals surface area contributed by atoms with Gasteiger partial charge in [-0.1, -0.05) is 11.6 Å². The minimum absolute atomic E-state index is 0.00467. The normalized spacial score (nSPS) is 11.3. The van der Waals surface area contributed by atoms with Gasteiger partial charge in [-0.15, -0.1) is 0 Å². The van der Waals surface area contributed by atoms with E-state index in [1.54, 1.807) is 0 Å². The molecule has 0 spiro atoms.